The van der Waals surface area contributed by atoms with E-state index in [1.807, 2.05) is 6.92 Å². The zero-order valence-electron chi connectivity index (χ0n) is 8.64. The van der Waals surface area contributed by atoms with E-state index in [0.717, 1.165) is 6.54 Å². The van der Waals surface area contributed by atoms with Crippen LogP contribution in [0.5, 0.6) is 0 Å². The van der Waals surface area contributed by atoms with Crippen molar-refractivity contribution in [2.24, 2.45) is 0 Å². The summed E-state index contributed by atoms with van der Waals surface area (Å²) in [6.45, 7) is 6.95. The standard InChI is InChI=1S/C10H23NO/c1-4-6-10(7-5-2)11-8-9(3)12/h9-12H,4-8H2,1-3H3/t9-/m0/s1. The highest BCUT2D eigenvalue weighted by Crippen LogP contribution is 2.03. The van der Waals surface area contributed by atoms with Crippen LogP contribution in [0.15, 0.2) is 0 Å². The van der Waals surface area contributed by atoms with E-state index in [1.165, 1.54) is 25.7 Å². The SMILES string of the molecule is CCCC(CCC)NC[C@H](C)O. The summed E-state index contributed by atoms with van der Waals surface area (Å²) < 4.78 is 0. The number of hydrogen-bond acceptors (Lipinski definition) is 2. The first kappa shape index (κ1) is 11.9. The van der Waals surface area contributed by atoms with Crippen LogP contribution in [-0.2, 0) is 0 Å². The van der Waals surface area contributed by atoms with Gasteiger partial charge in [0.05, 0.1) is 6.10 Å². The number of rotatable bonds is 7. The molecule has 0 rings (SSSR count). The van der Waals surface area contributed by atoms with Gasteiger partial charge in [0.15, 0.2) is 0 Å². The van der Waals surface area contributed by atoms with Crippen molar-refractivity contribution in [3.8, 4) is 0 Å². The zero-order chi connectivity index (χ0) is 9.40. The van der Waals surface area contributed by atoms with E-state index in [-0.39, 0.29) is 6.10 Å². The summed E-state index contributed by atoms with van der Waals surface area (Å²) in [5.41, 5.74) is 0. The fourth-order valence-corrected chi connectivity index (χ4v) is 1.38. The molecule has 0 aliphatic heterocycles. The molecule has 0 aromatic rings. The average Bonchev–Trinajstić information content (AvgIpc) is 2.01. The molecule has 0 bridgehead atoms. The van der Waals surface area contributed by atoms with E-state index in [2.05, 4.69) is 19.2 Å². The Kier molecular flexibility index (Phi) is 7.51. The Hall–Kier alpha value is -0.0800. The van der Waals surface area contributed by atoms with Crippen LogP contribution in [0, 0.1) is 0 Å². The van der Waals surface area contributed by atoms with Gasteiger partial charge in [-0.3, -0.25) is 0 Å². The third-order valence-electron chi connectivity index (χ3n) is 1.98. The van der Waals surface area contributed by atoms with Gasteiger partial charge in [-0.1, -0.05) is 26.7 Å². The first-order chi connectivity index (χ1) is 5.70. The van der Waals surface area contributed by atoms with Crippen LogP contribution in [0.25, 0.3) is 0 Å². The van der Waals surface area contributed by atoms with Gasteiger partial charge in [0.1, 0.15) is 0 Å². The first-order valence-corrected chi connectivity index (χ1v) is 5.12. The van der Waals surface area contributed by atoms with Gasteiger partial charge in [-0.25, -0.2) is 0 Å². The molecule has 0 aromatic heterocycles. The van der Waals surface area contributed by atoms with Gasteiger partial charge in [0, 0.05) is 12.6 Å². The first-order valence-electron chi connectivity index (χ1n) is 5.12. The van der Waals surface area contributed by atoms with Crippen LogP contribution in [0.1, 0.15) is 46.5 Å². The second kappa shape index (κ2) is 7.56. The molecular weight excluding hydrogens is 150 g/mol. The molecule has 0 fully saturated rings. The minimum absolute atomic E-state index is 0.221. The molecule has 0 unspecified atom stereocenters. The van der Waals surface area contributed by atoms with Crippen LogP contribution in [0.2, 0.25) is 0 Å². The minimum atomic E-state index is -0.221. The molecule has 2 heteroatoms. The minimum Gasteiger partial charge on any atom is -0.392 e. The number of aliphatic hydroxyl groups is 1. The molecule has 0 aliphatic rings. The topological polar surface area (TPSA) is 32.3 Å². The fourth-order valence-electron chi connectivity index (χ4n) is 1.38. The Morgan fingerprint density at radius 1 is 1.17 bits per heavy atom. The predicted molar refractivity (Wildman–Crippen MR) is 53.3 cm³/mol. The summed E-state index contributed by atoms with van der Waals surface area (Å²) in [5.74, 6) is 0. The summed E-state index contributed by atoms with van der Waals surface area (Å²) in [4.78, 5) is 0. The van der Waals surface area contributed by atoms with Gasteiger partial charge in [-0.05, 0) is 19.8 Å². The Labute approximate surface area is 76.4 Å². The van der Waals surface area contributed by atoms with Crippen molar-refractivity contribution in [1.82, 2.24) is 5.32 Å². The lowest BCUT2D eigenvalue weighted by atomic mass is 10.1. The van der Waals surface area contributed by atoms with Crippen molar-refractivity contribution in [3.05, 3.63) is 0 Å². The molecule has 1 atom stereocenters. The van der Waals surface area contributed by atoms with Crippen molar-refractivity contribution < 1.29 is 5.11 Å². The molecule has 0 amide bonds. The molecule has 12 heavy (non-hydrogen) atoms. The predicted octanol–water partition coefficient (Wildman–Crippen LogP) is 1.93. The lowest BCUT2D eigenvalue weighted by molar-refractivity contribution is 0.184. The Balaban J connectivity index is 3.48. The second-order valence-corrected chi connectivity index (χ2v) is 3.53. The summed E-state index contributed by atoms with van der Waals surface area (Å²) in [6.07, 6.45) is 4.66. The number of nitrogens with one attached hydrogen (secondary N) is 1. The molecule has 74 valence electrons. The van der Waals surface area contributed by atoms with Gasteiger partial charge in [-0.2, -0.15) is 0 Å². The Morgan fingerprint density at radius 2 is 1.67 bits per heavy atom. The molecule has 0 heterocycles. The molecule has 2 nitrogen and oxygen atoms in total. The van der Waals surface area contributed by atoms with E-state index in [9.17, 15) is 0 Å². The van der Waals surface area contributed by atoms with E-state index >= 15 is 0 Å². The maximum Gasteiger partial charge on any atom is 0.0636 e. The van der Waals surface area contributed by atoms with Gasteiger partial charge >= 0.3 is 0 Å². The van der Waals surface area contributed by atoms with Crippen LogP contribution in [-0.4, -0.2) is 23.8 Å². The van der Waals surface area contributed by atoms with E-state index in [0.29, 0.717) is 6.04 Å². The summed E-state index contributed by atoms with van der Waals surface area (Å²) in [5, 5.41) is 12.4. The third kappa shape index (κ3) is 6.62. The highest BCUT2D eigenvalue weighted by molar-refractivity contribution is 4.66. The van der Waals surface area contributed by atoms with Gasteiger partial charge < -0.3 is 10.4 Å². The van der Waals surface area contributed by atoms with Crippen molar-refractivity contribution in [1.29, 1.82) is 0 Å². The van der Waals surface area contributed by atoms with E-state index in [1.54, 1.807) is 0 Å². The number of hydrogen-bond donors (Lipinski definition) is 2. The number of aliphatic hydroxyl groups excluding tert-OH is 1. The molecular formula is C10H23NO. The van der Waals surface area contributed by atoms with Gasteiger partial charge in [-0.15, -0.1) is 0 Å². The molecule has 2 N–H and O–H groups in total. The van der Waals surface area contributed by atoms with Crippen LogP contribution < -0.4 is 5.32 Å². The van der Waals surface area contributed by atoms with Crippen molar-refractivity contribution in [2.45, 2.75) is 58.6 Å². The second-order valence-electron chi connectivity index (χ2n) is 3.53. The van der Waals surface area contributed by atoms with Crippen molar-refractivity contribution in [2.75, 3.05) is 6.54 Å². The lowest BCUT2D eigenvalue weighted by Crippen LogP contribution is -2.34. The quantitative estimate of drug-likeness (QED) is 0.616. The summed E-state index contributed by atoms with van der Waals surface area (Å²) in [7, 11) is 0. The Bertz CT molecular complexity index is 87.8. The molecule has 0 saturated heterocycles. The monoisotopic (exact) mass is 173 g/mol. The summed E-state index contributed by atoms with van der Waals surface area (Å²) in [6, 6.07) is 0.606. The van der Waals surface area contributed by atoms with Gasteiger partial charge in [0.2, 0.25) is 0 Å². The summed E-state index contributed by atoms with van der Waals surface area (Å²) >= 11 is 0. The Morgan fingerprint density at radius 3 is 2.00 bits per heavy atom. The van der Waals surface area contributed by atoms with Gasteiger partial charge in [0.25, 0.3) is 0 Å². The highest BCUT2D eigenvalue weighted by Gasteiger charge is 2.06. The largest absolute Gasteiger partial charge is 0.392 e. The van der Waals surface area contributed by atoms with E-state index in [4.69, 9.17) is 5.11 Å². The van der Waals surface area contributed by atoms with Crippen LogP contribution >= 0.6 is 0 Å². The lowest BCUT2D eigenvalue weighted by Gasteiger charge is -2.18. The highest BCUT2D eigenvalue weighted by atomic mass is 16.3. The van der Waals surface area contributed by atoms with Crippen molar-refractivity contribution in [3.63, 3.8) is 0 Å². The normalized spacial score (nSPS) is 13.8. The molecule has 0 saturated carbocycles. The maximum absolute atomic E-state index is 9.08. The van der Waals surface area contributed by atoms with Crippen molar-refractivity contribution >= 4 is 0 Å². The van der Waals surface area contributed by atoms with Crippen LogP contribution in [0.3, 0.4) is 0 Å². The maximum atomic E-state index is 9.08. The molecule has 0 radical (unpaired) electrons. The fraction of sp³-hybridized carbons (Fsp3) is 1.00. The smallest absolute Gasteiger partial charge is 0.0636 e. The average molecular weight is 173 g/mol. The molecule has 0 spiro atoms. The molecule has 0 aromatic carbocycles. The third-order valence-corrected chi connectivity index (χ3v) is 1.98. The van der Waals surface area contributed by atoms with E-state index < -0.39 is 0 Å². The zero-order valence-corrected chi connectivity index (χ0v) is 8.64. The van der Waals surface area contributed by atoms with Crippen LogP contribution in [0.4, 0.5) is 0 Å². The molecule has 0 aliphatic carbocycles.